The number of benzene rings is 2. The van der Waals surface area contributed by atoms with E-state index in [-0.39, 0.29) is 6.54 Å². The number of nitrogens with one attached hydrogen (secondary N) is 1. The second kappa shape index (κ2) is 7.63. The molecule has 2 aromatic rings. The minimum atomic E-state index is -1.73. The van der Waals surface area contributed by atoms with Crippen molar-refractivity contribution in [2.75, 3.05) is 13.6 Å². The van der Waals surface area contributed by atoms with E-state index in [1.165, 1.54) is 4.90 Å². The minimum absolute atomic E-state index is 0.342. The lowest BCUT2D eigenvalue weighted by molar-refractivity contribution is -0.129. The number of nitrogens with zero attached hydrogens (tertiary/aromatic N) is 1. The maximum atomic E-state index is 13.5. The van der Waals surface area contributed by atoms with Crippen molar-refractivity contribution in [3.63, 3.8) is 0 Å². The van der Waals surface area contributed by atoms with E-state index < -0.39 is 34.8 Å². The molecule has 0 atom stereocenters. The first-order valence-corrected chi connectivity index (χ1v) is 7.09. The molecule has 7 heteroatoms. The first kappa shape index (κ1) is 17.5. The fourth-order valence-electron chi connectivity index (χ4n) is 2.03. The Morgan fingerprint density at radius 3 is 2.33 bits per heavy atom. The summed E-state index contributed by atoms with van der Waals surface area (Å²) in [4.78, 5) is 25.2. The lowest BCUT2D eigenvalue weighted by Gasteiger charge is -2.17. The highest BCUT2D eigenvalue weighted by Crippen LogP contribution is 2.15. The van der Waals surface area contributed by atoms with Gasteiger partial charge in [0.1, 0.15) is 0 Å². The topological polar surface area (TPSA) is 49.4 Å². The van der Waals surface area contributed by atoms with Crippen molar-refractivity contribution < 1.29 is 22.8 Å². The molecule has 0 unspecified atom stereocenters. The zero-order valence-electron chi connectivity index (χ0n) is 12.9. The number of likely N-dealkylation sites (N-methyl/N-ethyl adjacent to an activating group) is 1. The molecule has 2 amide bonds. The molecule has 0 aromatic heterocycles. The third-order valence-corrected chi connectivity index (χ3v) is 3.37. The largest absolute Gasteiger partial charge is 0.343 e. The van der Waals surface area contributed by atoms with Crippen LogP contribution >= 0.6 is 0 Å². The van der Waals surface area contributed by atoms with Crippen molar-refractivity contribution in [2.45, 2.75) is 6.54 Å². The molecule has 0 aliphatic heterocycles. The summed E-state index contributed by atoms with van der Waals surface area (Å²) in [5.41, 5.74) is 0.249. The predicted molar refractivity (Wildman–Crippen MR) is 81.6 cm³/mol. The molecule has 0 radical (unpaired) electrons. The van der Waals surface area contributed by atoms with E-state index in [1.807, 2.05) is 30.3 Å². The molecule has 0 fully saturated rings. The fourth-order valence-corrected chi connectivity index (χ4v) is 2.03. The zero-order valence-corrected chi connectivity index (χ0v) is 12.9. The van der Waals surface area contributed by atoms with Crippen LogP contribution in [0, 0.1) is 17.5 Å². The monoisotopic (exact) mass is 336 g/mol. The summed E-state index contributed by atoms with van der Waals surface area (Å²) in [7, 11) is 1.56. The van der Waals surface area contributed by atoms with Crippen LogP contribution in [0.4, 0.5) is 13.2 Å². The summed E-state index contributed by atoms with van der Waals surface area (Å²) in [5.74, 6) is -6.10. The predicted octanol–water partition coefficient (Wildman–Crippen LogP) is 2.49. The van der Waals surface area contributed by atoms with Gasteiger partial charge in [0.2, 0.25) is 5.91 Å². The molecule has 0 heterocycles. The molecule has 2 aromatic carbocycles. The molecule has 0 saturated heterocycles. The molecule has 1 N–H and O–H groups in total. The van der Waals surface area contributed by atoms with Gasteiger partial charge in [0, 0.05) is 13.6 Å². The molecule has 2 rings (SSSR count). The van der Waals surface area contributed by atoms with Gasteiger partial charge in [-0.25, -0.2) is 13.2 Å². The Balaban J connectivity index is 1.94. The molecule has 0 saturated carbocycles. The number of hydrogen-bond acceptors (Lipinski definition) is 2. The molecular weight excluding hydrogens is 321 g/mol. The normalized spacial score (nSPS) is 10.3. The maximum absolute atomic E-state index is 13.5. The number of hydrogen-bond donors (Lipinski definition) is 1. The highest BCUT2D eigenvalue weighted by atomic mass is 19.2. The van der Waals surface area contributed by atoms with Crippen LogP contribution in [0.1, 0.15) is 15.9 Å². The lowest BCUT2D eigenvalue weighted by atomic mass is 10.2. The van der Waals surface area contributed by atoms with Gasteiger partial charge in [0.25, 0.3) is 5.91 Å². The van der Waals surface area contributed by atoms with Gasteiger partial charge in [-0.15, -0.1) is 0 Å². The van der Waals surface area contributed by atoms with Gasteiger partial charge in [-0.1, -0.05) is 30.3 Å². The molecule has 0 spiro atoms. The Bertz CT molecular complexity index is 751. The first-order valence-electron chi connectivity index (χ1n) is 7.09. The zero-order chi connectivity index (χ0) is 17.7. The SMILES string of the molecule is CN(Cc1ccccc1)C(=O)CNC(=O)c1ccc(F)c(F)c1F. The van der Waals surface area contributed by atoms with Gasteiger partial charge in [0.05, 0.1) is 12.1 Å². The quantitative estimate of drug-likeness (QED) is 0.853. The third-order valence-electron chi connectivity index (χ3n) is 3.37. The number of carbonyl (C=O) groups excluding carboxylic acids is 2. The summed E-state index contributed by atoms with van der Waals surface area (Å²) < 4.78 is 39.5. The Labute approximate surface area is 136 Å². The summed E-state index contributed by atoms with van der Waals surface area (Å²) in [6.07, 6.45) is 0. The first-order chi connectivity index (χ1) is 11.4. The second-order valence-corrected chi connectivity index (χ2v) is 5.14. The highest BCUT2D eigenvalue weighted by Gasteiger charge is 2.19. The number of carbonyl (C=O) groups is 2. The van der Waals surface area contributed by atoms with Gasteiger partial charge in [0.15, 0.2) is 17.5 Å². The third kappa shape index (κ3) is 4.13. The van der Waals surface area contributed by atoms with Crippen molar-refractivity contribution in [3.05, 3.63) is 71.0 Å². The van der Waals surface area contributed by atoms with Crippen molar-refractivity contribution in [1.82, 2.24) is 10.2 Å². The second-order valence-electron chi connectivity index (χ2n) is 5.14. The number of halogens is 3. The minimum Gasteiger partial charge on any atom is -0.343 e. The van der Waals surface area contributed by atoms with Crippen LogP contribution in [-0.2, 0) is 11.3 Å². The molecule has 0 aliphatic carbocycles. The summed E-state index contributed by atoms with van der Waals surface area (Å²) in [6.45, 7) is -0.0459. The Morgan fingerprint density at radius 2 is 1.67 bits per heavy atom. The van der Waals surface area contributed by atoms with E-state index in [0.717, 1.165) is 11.6 Å². The summed E-state index contributed by atoms with van der Waals surface area (Å²) in [6, 6.07) is 10.7. The molecule has 126 valence electrons. The van der Waals surface area contributed by atoms with Gasteiger partial charge in [-0.2, -0.15) is 0 Å². The highest BCUT2D eigenvalue weighted by molar-refractivity contribution is 5.96. The van der Waals surface area contributed by atoms with E-state index in [2.05, 4.69) is 5.32 Å². The van der Waals surface area contributed by atoms with E-state index in [0.29, 0.717) is 12.6 Å². The van der Waals surface area contributed by atoms with Crippen molar-refractivity contribution in [3.8, 4) is 0 Å². The lowest BCUT2D eigenvalue weighted by Crippen LogP contribution is -2.38. The smallest absolute Gasteiger partial charge is 0.254 e. The maximum Gasteiger partial charge on any atom is 0.254 e. The van der Waals surface area contributed by atoms with E-state index in [9.17, 15) is 22.8 Å². The molecular formula is C17H15F3N2O2. The fraction of sp³-hybridized carbons (Fsp3) is 0.176. The molecule has 4 nitrogen and oxygen atoms in total. The van der Waals surface area contributed by atoms with Crippen LogP contribution < -0.4 is 5.32 Å². The average molecular weight is 336 g/mol. The summed E-state index contributed by atoms with van der Waals surface area (Å²) in [5, 5.41) is 2.19. The van der Waals surface area contributed by atoms with Crippen molar-refractivity contribution >= 4 is 11.8 Å². The van der Waals surface area contributed by atoms with Crippen LogP contribution in [0.15, 0.2) is 42.5 Å². The van der Waals surface area contributed by atoms with Crippen LogP contribution in [-0.4, -0.2) is 30.3 Å². The summed E-state index contributed by atoms with van der Waals surface area (Å²) >= 11 is 0. The van der Waals surface area contributed by atoms with E-state index >= 15 is 0 Å². The average Bonchev–Trinajstić information content (AvgIpc) is 2.58. The van der Waals surface area contributed by atoms with E-state index in [1.54, 1.807) is 7.05 Å². The van der Waals surface area contributed by atoms with Crippen LogP contribution in [0.25, 0.3) is 0 Å². The molecule has 0 aliphatic rings. The van der Waals surface area contributed by atoms with Crippen LogP contribution in [0.3, 0.4) is 0 Å². The Kier molecular flexibility index (Phi) is 5.57. The van der Waals surface area contributed by atoms with Gasteiger partial charge in [-0.05, 0) is 17.7 Å². The standard InChI is InChI=1S/C17H15F3N2O2/c1-22(10-11-5-3-2-4-6-11)14(23)9-21-17(24)12-7-8-13(18)16(20)15(12)19/h2-8H,9-10H2,1H3,(H,21,24). The molecule has 0 bridgehead atoms. The van der Waals surface area contributed by atoms with Crippen molar-refractivity contribution in [2.24, 2.45) is 0 Å². The van der Waals surface area contributed by atoms with Crippen LogP contribution in [0.2, 0.25) is 0 Å². The molecule has 24 heavy (non-hydrogen) atoms. The number of amides is 2. The number of rotatable bonds is 5. The van der Waals surface area contributed by atoms with Gasteiger partial charge < -0.3 is 10.2 Å². The van der Waals surface area contributed by atoms with E-state index in [4.69, 9.17) is 0 Å². The van der Waals surface area contributed by atoms with Gasteiger partial charge in [-0.3, -0.25) is 9.59 Å². The Morgan fingerprint density at radius 1 is 1.00 bits per heavy atom. The van der Waals surface area contributed by atoms with Gasteiger partial charge >= 0.3 is 0 Å². The Hall–Kier alpha value is -2.83. The van der Waals surface area contributed by atoms with Crippen LogP contribution in [0.5, 0.6) is 0 Å². The van der Waals surface area contributed by atoms with Crippen molar-refractivity contribution in [1.29, 1.82) is 0 Å².